The van der Waals surface area contributed by atoms with E-state index in [-0.39, 0.29) is 33.3 Å². The summed E-state index contributed by atoms with van der Waals surface area (Å²) < 4.78 is 59.5. The molecule has 8 nitrogen and oxygen atoms in total. The average Bonchev–Trinajstić information content (AvgIpc) is 2.79. The Morgan fingerprint density at radius 3 is 2.29 bits per heavy atom. The van der Waals surface area contributed by atoms with E-state index < -0.39 is 31.4 Å². The van der Waals surface area contributed by atoms with Crippen LogP contribution in [0.2, 0.25) is 5.02 Å². The molecule has 31 heavy (non-hydrogen) atoms. The Bertz CT molecular complexity index is 1290. The lowest BCUT2D eigenvalue weighted by atomic mass is 9.95. The monoisotopic (exact) mass is 486 g/mol. The lowest BCUT2D eigenvalue weighted by molar-refractivity contribution is -0.123. The van der Waals surface area contributed by atoms with Gasteiger partial charge in [0.25, 0.3) is 10.0 Å². The summed E-state index contributed by atoms with van der Waals surface area (Å²) in [5, 5.41) is 0.430. The third-order valence-electron chi connectivity index (χ3n) is 4.99. The average molecular weight is 487 g/mol. The number of hydrogen-bond donors (Lipinski definition) is 1. The quantitative estimate of drug-likeness (QED) is 0.692. The van der Waals surface area contributed by atoms with Crippen molar-refractivity contribution < 1.29 is 26.4 Å². The molecular weight excluding hydrogens is 464 g/mol. The number of methoxy groups -OCH3 is 1. The van der Waals surface area contributed by atoms with E-state index in [0.717, 1.165) is 4.31 Å². The highest BCUT2D eigenvalue weighted by Crippen LogP contribution is 2.37. The number of ether oxygens (including phenoxy) is 1. The minimum atomic E-state index is -4.04. The van der Waals surface area contributed by atoms with E-state index in [1.54, 1.807) is 26.8 Å². The van der Waals surface area contributed by atoms with Crippen LogP contribution in [-0.2, 0) is 24.8 Å². The molecule has 2 aromatic rings. The normalized spacial score (nSPS) is 17.6. The highest BCUT2D eigenvalue weighted by molar-refractivity contribution is 7.94. The number of nitrogens with one attached hydrogen (secondary N) is 1. The number of carbonyl (C=O) groups is 1. The Labute approximate surface area is 187 Å². The number of rotatable bonds is 5. The number of carbonyl (C=O) groups excluding carboxylic acids is 1. The van der Waals surface area contributed by atoms with Gasteiger partial charge in [0.1, 0.15) is 5.75 Å². The Morgan fingerprint density at radius 1 is 1.13 bits per heavy atom. The van der Waals surface area contributed by atoms with Gasteiger partial charge in [0.15, 0.2) is 0 Å². The van der Waals surface area contributed by atoms with E-state index in [2.05, 4.69) is 4.72 Å². The standard InChI is InChI=1S/C20H23ClN2O6S2/c1-12-9-16(17(29-5)10-15(12)21)22-31(27,28)18-7-6-14(8-13(18)2)23-19(24)20(3,4)11-30(23,25)26/h6-10,22H,11H2,1-5H3. The van der Waals surface area contributed by atoms with Gasteiger partial charge in [-0.2, -0.15) is 0 Å². The topological polar surface area (TPSA) is 110 Å². The van der Waals surface area contributed by atoms with Gasteiger partial charge in [-0.3, -0.25) is 9.52 Å². The third kappa shape index (κ3) is 4.24. The lowest BCUT2D eigenvalue weighted by Crippen LogP contribution is -2.33. The fraction of sp³-hybridized carbons (Fsp3) is 0.350. The van der Waals surface area contributed by atoms with Crippen LogP contribution in [-0.4, -0.2) is 35.6 Å². The van der Waals surface area contributed by atoms with Crippen molar-refractivity contribution in [3.8, 4) is 5.75 Å². The molecule has 2 aromatic carbocycles. The maximum absolute atomic E-state index is 13.0. The first kappa shape index (κ1) is 23.4. The molecule has 0 aromatic heterocycles. The minimum absolute atomic E-state index is 0.0609. The van der Waals surface area contributed by atoms with Crippen LogP contribution in [0.15, 0.2) is 35.2 Å². The first-order valence-electron chi connectivity index (χ1n) is 9.25. The van der Waals surface area contributed by atoms with Gasteiger partial charge >= 0.3 is 0 Å². The number of halogens is 1. The lowest BCUT2D eigenvalue weighted by Gasteiger charge is -2.19. The molecule has 11 heteroatoms. The maximum atomic E-state index is 13.0. The molecule has 1 aliphatic heterocycles. The molecule has 168 valence electrons. The van der Waals surface area contributed by atoms with E-state index >= 15 is 0 Å². The summed E-state index contributed by atoms with van der Waals surface area (Å²) in [5.74, 6) is -0.610. The number of anilines is 2. The molecule has 1 N–H and O–H groups in total. The zero-order valence-electron chi connectivity index (χ0n) is 17.7. The van der Waals surface area contributed by atoms with Crippen LogP contribution >= 0.6 is 11.6 Å². The van der Waals surface area contributed by atoms with E-state index in [9.17, 15) is 21.6 Å². The molecule has 0 bridgehead atoms. The van der Waals surface area contributed by atoms with Gasteiger partial charge in [0.2, 0.25) is 15.9 Å². The summed E-state index contributed by atoms with van der Waals surface area (Å²) >= 11 is 6.07. The maximum Gasteiger partial charge on any atom is 0.262 e. The van der Waals surface area contributed by atoms with Gasteiger partial charge < -0.3 is 4.74 Å². The number of aryl methyl sites for hydroxylation is 2. The Morgan fingerprint density at radius 2 is 1.77 bits per heavy atom. The van der Waals surface area contributed by atoms with E-state index in [1.165, 1.54) is 38.3 Å². The zero-order chi connectivity index (χ0) is 23.4. The first-order chi connectivity index (χ1) is 14.2. The number of nitrogens with zero attached hydrogens (tertiary/aromatic N) is 1. The zero-order valence-corrected chi connectivity index (χ0v) is 20.1. The summed E-state index contributed by atoms with van der Waals surface area (Å²) in [5.41, 5.74) is 0.205. The summed E-state index contributed by atoms with van der Waals surface area (Å²) in [6.45, 7) is 6.38. The van der Waals surface area contributed by atoms with Crippen molar-refractivity contribution in [3.05, 3.63) is 46.5 Å². The third-order valence-corrected chi connectivity index (χ3v) is 8.94. The smallest absolute Gasteiger partial charge is 0.262 e. The van der Waals surface area contributed by atoms with Crippen LogP contribution < -0.4 is 13.8 Å². The van der Waals surface area contributed by atoms with Crippen molar-refractivity contribution in [2.24, 2.45) is 5.41 Å². The molecule has 0 aliphatic carbocycles. The summed E-state index contributed by atoms with van der Waals surface area (Å²) in [7, 11) is -6.48. The molecule has 0 atom stereocenters. The highest BCUT2D eigenvalue weighted by Gasteiger charge is 2.50. The second-order valence-electron chi connectivity index (χ2n) is 8.07. The molecule has 3 rings (SSSR count). The number of hydrogen-bond acceptors (Lipinski definition) is 6. The van der Waals surface area contributed by atoms with Crippen LogP contribution in [0.25, 0.3) is 0 Å². The molecule has 1 fully saturated rings. The van der Waals surface area contributed by atoms with Crippen LogP contribution in [0.5, 0.6) is 5.75 Å². The fourth-order valence-corrected chi connectivity index (χ4v) is 6.98. The Kier molecular flexibility index (Phi) is 5.79. The van der Waals surface area contributed by atoms with Crippen molar-refractivity contribution in [2.75, 3.05) is 21.9 Å². The largest absolute Gasteiger partial charge is 0.495 e. The molecule has 1 amide bonds. The van der Waals surface area contributed by atoms with Crippen molar-refractivity contribution >= 4 is 48.9 Å². The molecule has 0 unspecified atom stereocenters. The van der Waals surface area contributed by atoms with Crippen molar-refractivity contribution in [3.63, 3.8) is 0 Å². The molecule has 1 saturated heterocycles. The second-order valence-corrected chi connectivity index (χ2v) is 11.9. The van der Waals surface area contributed by atoms with Gasteiger partial charge in [0, 0.05) is 11.1 Å². The molecule has 0 spiro atoms. The summed E-state index contributed by atoms with van der Waals surface area (Å²) in [6.07, 6.45) is 0. The van der Waals surface area contributed by atoms with Crippen molar-refractivity contribution in [1.29, 1.82) is 0 Å². The van der Waals surface area contributed by atoms with Crippen LogP contribution in [0.1, 0.15) is 25.0 Å². The summed E-state index contributed by atoms with van der Waals surface area (Å²) in [4.78, 5) is 12.5. The van der Waals surface area contributed by atoms with Crippen LogP contribution in [0.4, 0.5) is 11.4 Å². The van der Waals surface area contributed by atoms with Crippen molar-refractivity contribution in [1.82, 2.24) is 0 Å². The molecular formula is C20H23ClN2O6S2. The van der Waals surface area contributed by atoms with Crippen LogP contribution in [0.3, 0.4) is 0 Å². The molecule has 0 saturated carbocycles. The fourth-order valence-electron chi connectivity index (χ4n) is 3.43. The predicted octanol–water partition coefficient (Wildman–Crippen LogP) is 3.47. The van der Waals surface area contributed by atoms with E-state index in [0.29, 0.717) is 10.6 Å². The molecule has 1 heterocycles. The minimum Gasteiger partial charge on any atom is -0.495 e. The van der Waals surface area contributed by atoms with E-state index in [1.807, 2.05) is 0 Å². The Balaban J connectivity index is 2.00. The number of sulfonamides is 2. The summed E-state index contributed by atoms with van der Waals surface area (Å²) in [6, 6.07) is 7.02. The number of benzene rings is 2. The van der Waals surface area contributed by atoms with Gasteiger partial charge in [-0.05, 0) is 63.1 Å². The van der Waals surface area contributed by atoms with E-state index in [4.69, 9.17) is 16.3 Å². The SMILES string of the molecule is COc1cc(Cl)c(C)cc1NS(=O)(=O)c1ccc(N2C(=O)C(C)(C)CS2(=O)=O)cc1C. The molecule has 0 radical (unpaired) electrons. The Hall–Kier alpha value is -2.30. The second kappa shape index (κ2) is 7.68. The van der Waals surface area contributed by atoms with Gasteiger partial charge in [-0.1, -0.05) is 11.6 Å². The van der Waals surface area contributed by atoms with Gasteiger partial charge in [-0.15, -0.1) is 0 Å². The van der Waals surface area contributed by atoms with Gasteiger partial charge in [-0.25, -0.2) is 21.1 Å². The number of amides is 1. The first-order valence-corrected chi connectivity index (χ1v) is 12.7. The van der Waals surface area contributed by atoms with Gasteiger partial charge in [0.05, 0.1) is 34.5 Å². The van der Waals surface area contributed by atoms with Crippen molar-refractivity contribution in [2.45, 2.75) is 32.6 Å². The van der Waals surface area contributed by atoms with Crippen LogP contribution in [0, 0.1) is 19.3 Å². The molecule has 1 aliphatic rings. The highest BCUT2D eigenvalue weighted by atomic mass is 35.5. The predicted molar refractivity (Wildman–Crippen MR) is 120 cm³/mol.